The smallest absolute Gasteiger partial charge is 0.137 e. The van der Waals surface area contributed by atoms with Crippen LogP contribution >= 0.6 is 23.4 Å². The molecule has 34 heavy (non-hydrogen) atoms. The van der Waals surface area contributed by atoms with Gasteiger partial charge in [0, 0.05) is 27.2 Å². The summed E-state index contributed by atoms with van der Waals surface area (Å²) in [4.78, 5) is 3.93. The highest BCUT2D eigenvalue weighted by Gasteiger charge is 2.41. The third-order valence-corrected chi connectivity index (χ3v) is 8.39. The summed E-state index contributed by atoms with van der Waals surface area (Å²) < 4.78 is 29.8. The number of nitrogens with zero attached hydrogens (tertiary/aromatic N) is 3. The van der Waals surface area contributed by atoms with Crippen LogP contribution in [0.2, 0.25) is 5.02 Å². The summed E-state index contributed by atoms with van der Waals surface area (Å²) in [6, 6.07) is 11.1. The van der Waals surface area contributed by atoms with Gasteiger partial charge in [-0.15, -0.1) is 0 Å². The predicted octanol–water partition coefficient (Wildman–Crippen LogP) is 6.49. The van der Waals surface area contributed by atoms with Crippen LogP contribution in [0, 0.1) is 17.6 Å². The van der Waals surface area contributed by atoms with Crippen molar-refractivity contribution >= 4 is 29.4 Å². The number of aromatic nitrogens is 3. The zero-order valence-corrected chi connectivity index (χ0v) is 20.5. The molecule has 1 fully saturated rings. The van der Waals surface area contributed by atoms with Crippen molar-refractivity contribution in [3.8, 4) is 0 Å². The molecule has 180 valence electrons. The molecule has 0 saturated heterocycles. The predicted molar refractivity (Wildman–Crippen MR) is 134 cm³/mol. The molecular weight excluding hydrogens is 476 g/mol. The maximum atomic E-state index is 14.7. The summed E-state index contributed by atoms with van der Waals surface area (Å²) in [5.74, 6) is -0.924. The van der Waals surface area contributed by atoms with Crippen molar-refractivity contribution in [2.24, 2.45) is 5.92 Å². The first-order chi connectivity index (χ1) is 16.3. The van der Waals surface area contributed by atoms with E-state index in [-0.39, 0.29) is 17.4 Å². The second-order valence-corrected chi connectivity index (χ2v) is 10.9. The number of rotatable bonds is 8. The monoisotopic (exact) mass is 503 g/mol. The van der Waals surface area contributed by atoms with Gasteiger partial charge in [0.2, 0.25) is 0 Å². The van der Waals surface area contributed by atoms with Crippen molar-refractivity contribution in [1.82, 2.24) is 14.8 Å². The molecule has 1 aliphatic carbocycles. The molecule has 0 unspecified atom stereocenters. The summed E-state index contributed by atoms with van der Waals surface area (Å²) in [6.07, 6.45) is 11.4. The Morgan fingerprint density at radius 1 is 1.18 bits per heavy atom. The number of halogens is 3. The maximum absolute atomic E-state index is 14.7. The Morgan fingerprint density at radius 3 is 2.56 bits per heavy atom. The third-order valence-electron chi connectivity index (χ3n) is 6.49. The first-order valence-electron chi connectivity index (χ1n) is 11.4. The van der Waals surface area contributed by atoms with E-state index in [0.717, 1.165) is 42.3 Å². The van der Waals surface area contributed by atoms with E-state index in [1.807, 2.05) is 31.2 Å². The molecule has 4 nitrogen and oxygen atoms in total. The Kier molecular flexibility index (Phi) is 8.06. The molecule has 4 rings (SSSR count). The first kappa shape index (κ1) is 24.9. The fraction of sp³-hybridized carbons (Fsp3) is 0.385. The van der Waals surface area contributed by atoms with E-state index in [1.165, 1.54) is 29.5 Å². The van der Waals surface area contributed by atoms with Crippen LogP contribution in [0.15, 0.2) is 61.2 Å². The average molecular weight is 504 g/mol. The molecule has 0 bridgehead atoms. The van der Waals surface area contributed by atoms with Crippen molar-refractivity contribution in [2.45, 2.75) is 55.3 Å². The lowest BCUT2D eigenvalue weighted by Gasteiger charge is -2.37. The van der Waals surface area contributed by atoms with E-state index in [1.54, 1.807) is 11.8 Å². The second-order valence-electron chi connectivity index (χ2n) is 8.87. The van der Waals surface area contributed by atoms with Crippen LogP contribution in [0.5, 0.6) is 0 Å². The van der Waals surface area contributed by atoms with Crippen LogP contribution in [0.25, 0.3) is 6.08 Å². The van der Waals surface area contributed by atoms with Gasteiger partial charge in [-0.1, -0.05) is 48.9 Å². The molecular formula is C26H28ClF2N3OS. The number of allylic oxidation sites excluding steroid dienone is 1. The van der Waals surface area contributed by atoms with E-state index in [2.05, 4.69) is 22.2 Å². The molecule has 2 aromatic carbocycles. The van der Waals surface area contributed by atoms with Crippen LogP contribution in [0.3, 0.4) is 0 Å². The number of hydrogen-bond acceptors (Lipinski definition) is 4. The Morgan fingerprint density at radius 2 is 1.91 bits per heavy atom. The minimum Gasteiger partial charge on any atom is -0.382 e. The van der Waals surface area contributed by atoms with Crippen LogP contribution in [0.4, 0.5) is 8.78 Å². The lowest BCUT2D eigenvalue weighted by atomic mass is 9.88. The number of benzene rings is 2. The van der Waals surface area contributed by atoms with Crippen molar-refractivity contribution in [1.29, 1.82) is 0 Å². The fourth-order valence-electron chi connectivity index (χ4n) is 4.47. The number of hydrogen-bond donors (Lipinski definition) is 1. The van der Waals surface area contributed by atoms with Crippen molar-refractivity contribution in [3.05, 3.63) is 89.0 Å². The molecule has 0 amide bonds. The molecule has 0 radical (unpaired) electrons. The van der Waals surface area contributed by atoms with Crippen LogP contribution < -0.4 is 0 Å². The molecule has 0 spiro atoms. The Balaban J connectivity index is 1.41. The molecule has 2 atom stereocenters. The highest BCUT2D eigenvalue weighted by molar-refractivity contribution is 8.00. The summed E-state index contributed by atoms with van der Waals surface area (Å²) >= 11 is 7.62. The van der Waals surface area contributed by atoms with E-state index in [9.17, 15) is 13.9 Å². The van der Waals surface area contributed by atoms with Gasteiger partial charge in [0.15, 0.2) is 0 Å². The SMILES string of the molecule is C[C@@H](S[C@H]1CC[C@H](C=Cc2ccc(Cl)cc2)CC1)[C@](O)(Cn1cncn1)c1ccc(F)cc1F. The first-order valence-corrected chi connectivity index (χ1v) is 12.7. The topological polar surface area (TPSA) is 50.9 Å². The van der Waals surface area contributed by atoms with Gasteiger partial charge >= 0.3 is 0 Å². The quantitative estimate of drug-likeness (QED) is 0.381. The Bertz CT molecular complexity index is 1100. The minimum absolute atomic E-state index is 0.0306. The van der Waals surface area contributed by atoms with Crippen LogP contribution in [-0.2, 0) is 12.1 Å². The fourth-order valence-corrected chi connectivity index (χ4v) is 6.15. The van der Waals surface area contributed by atoms with Gasteiger partial charge in [-0.25, -0.2) is 18.4 Å². The zero-order chi connectivity index (χ0) is 24.1. The van der Waals surface area contributed by atoms with Gasteiger partial charge in [0.05, 0.1) is 6.54 Å². The van der Waals surface area contributed by atoms with Crippen molar-refractivity contribution < 1.29 is 13.9 Å². The molecule has 1 N–H and O–H groups in total. The molecule has 3 aromatic rings. The highest BCUT2D eigenvalue weighted by Crippen LogP contribution is 2.42. The van der Waals surface area contributed by atoms with Gasteiger partial charge in [-0.2, -0.15) is 16.9 Å². The largest absolute Gasteiger partial charge is 0.382 e. The molecule has 1 aliphatic rings. The Hall–Kier alpha value is -2.22. The molecule has 1 aromatic heterocycles. The maximum Gasteiger partial charge on any atom is 0.137 e. The lowest BCUT2D eigenvalue weighted by molar-refractivity contribution is 0.0131. The standard InChI is InChI=1S/C26H28ClF2N3OS/c1-18(26(33,15-32-17-30-16-31-32)24-13-10-22(28)14-25(24)29)34-23-11-6-20(7-12-23)3-2-19-4-8-21(27)9-5-19/h2-5,8-10,13-14,16-18,20,23,33H,6-7,11-12,15H2,1H3/t18-,20-,23-,26-/m1/s1. The normalized spacial score (nSPS) is 21.4. The number of thioether (sulfide) groups is 1. The lowest BCUT2D eigenvalue weighted by Crippen LogP contribution is -2.42. The van der Waals surface area contributed by atoms with Crippen LogP contribution in [-0.4, -0.2) is 30.4 Å². The van der Waals surface area contributed by atoms with Gasteiger partial charge in [0.25, 0.3) is 0 Å². The summed E-state index contributed by atoms with van der Waals surface area (Å²) in [5, 5.41) is 16.5. The van der Waals surface area contributed by atoms with E-state index in [4.69, 9.17) is 11.6 Å². The van der Waals surface area contributed by atoms with Crippen molar-refractivity contribution in [3.63, 3.8) is 0 Å². The van der Waals surface area contributed by atoms with Crippen LogP contribution in [0.1, 0.15) is 43.7 Å². The summed E-state index contributed by atoms with van der Waals surface area (Å²) in [5.41, 5.74) is -0.361. The summed E-state index contributed by atoms with van der Waals surface area (Å²) in [6.45, 7) is 1.93. The van der Waals surface area contributed by atoms with Crippen molar-refractivity contribution in [2.75, 3.05) is 0 Å². The van der Waals surface area contributed by atoms with E-state index < -0.39 is 17.2 Å². The second kappa shape index (κ2) is 11.0. The average Bonchev–Trinajstić information content (AvgIpc) is 3.32. The number of aliphatic hydroxyl groups is 1. The van der Waals surface area contributed by atoms with E-state index in [0.29, 0.717) is 11.2 Å². The molecule has 1 heterocycles. The molecule has 8 heteroatoms. The summed E-state index contributed by atoms with van der Waals surface area (Å²) in [7, 11) is 0. The zero-order valence-electron chi connectivity index (χ0n) is 18.9. The minimum atomic E-state index is -1.57. The van der Waals surface area contributed by atoms with Gasteiger partial charge in [-0.05, 0) is 55.4 Å². The molecule has 0 aliphatic heterocycles. The van der Waals surface area contributed by atoms with Gasteiger partial charge in [0.1, 0.15) is 29.9 Å². The van der Waals surface area contributed by atoms with E-state index >= 15 is 0 Å². The highest BCUT2D eigenvalue weighted by atomic mass is 35.5. The Labute approximate surface area is 208 Å². The molecule has 1 saturated carbocycles. The van der Waals surface area contributed by atoms with Gasteiger partial charge < -0.3 is 5.11 Å². The van der Waals surface area contributed by atoms with Gasteiger partial charge in [-0.3, -0.25) is 0 Å². The third kappa shape index (κ3) is 6.06.